The summed E-state index contributed by atoms with van der Waals surface area (Å²) in [5.41, 5.74) is 1.15. The van der Waals surface area contributed by atoms with Gasteiger partial charge in [0.1, 0.15) is 11.6 Å². The van der Waals surface area contributed by atoms with Crippen LogP contribution in [0.3, 0.4) is 0 Å². The third kappa shape index (κ3) is 3.45. The predicted molar refractivity (Wildman–Crippen MR) is 67.0 cm³/mol. The molecule has 1 aromatic carbocycles. The third-order valence-corrected chi connectivity index (χ3v) is 2.25. The van der Waals surface area contributed by atoms with E-state index in [2.05, 4.69) is 15.3 Å². The Kier molecular flexibility index (Phi) is 3.91. The first-order chi connectivity index (χ1) is 8.38. The van der Waals surface area contributed by atoms with E-state index >= 15 is 0 Å². The lowest BCUT2D eigenvalue weighted by Crippen LogP contribution is -2.01. The number of nitrogens with one attached hydrogen (secondary N) is 1. The maximum atomic E-state index is 5.44. The minimum absolute atomic E-state index is 0.682. The molecule has 0 aliphatic heterocycles. The maximum absolute atomic E-state index is 5.44. The molecular formula is C13H15N3O. The highest BCUT2D eigenvalue weighted by atomic mass is 16.5. The second-order valence-electron chi connectivity index (χ2n) is 3.52. The Morgan fingerprint density at radius 3 is 3.00 bits per heavy atom. The molecule has 0 spiro atoms. The van der Waals surface area contributed by atoms with E-state index < -0.39 is 0 Å². The molecule has 17 heavy (non-hydrogen) atoms. The summed E-state index contributed by atoms with van der Waals surface area (Å²) < 4.78 is 5.44. The Morgan fingerprint density at radius 2 is 2.24 bits per heavy atom. The van der Waals surface area contributed by atoms with Crippen LogP contribution in [-0.4, -0.2) is 16.6 Å². The molecule has 2 rings (SSSR count). The molecule has 0 unspecified atom stereocenters. The van der Waals surface area contributed by atoms with Crippen LogP contribution in [0, 0.1) is 0 Å². The van der Waals surface area contributed by atoms with Crippen molar-refractivity contribution in [3.05, 3.63) is 48.4 Å². The topological polar surface area (TPSA) is 47.0 Å². The van der Waals surface area contributed by atoms with E-state index in [9.17, 15) is 0 Å². The summed E-state index contributed by atoms with van der Waals surface area (Å²) in [4.78, 5) is 8.14. The monoisotopic (exact) mass is 229 g/mol. The second-order valence-corrected chi connectivity index (χ2v) is 3.52. The predicted octanol–water partition coefficient (Wildman–Crippen LogP) is 2.49. The van der Waals surface area contributed by atoms with Gasteiger partial charge in [-0.05, 0) is 24.6 Å². The van der Waals surface area contributed by atoms with Gasteiger partial charge in [0.05, 0.1) is 12.8 Å². The Bertz CT molecular complexity index is 459. The van der Waals surface area contributed by atoms with Crippen LogP contribution in [0.5, 0.6) is 5.75 Å². The van der Waals surface area contributed by atoms with E-state index in [1.54, 1.807) is 18.6 Å². The lowest BCUT2D eigenvalue weighted by atomic mass is 10.2. The number of aromatic nitrogens is 2. The fraction of sp³-hybridized carbons (Fsp3) is 0.231. The van der Waals surface area contributed by atoms with E-state index in [-0.39, 0.29) is 0 Å². The van der Waals surface area contributed by atoms with E-state index in [4.69, 9.17) is 4.74 Å². The first-order valence-electron chi connectivity index (χ1n) is 5.60. The van der Waals surface area contributed by atoms with Gasteiger partial charge < -0.3 is 10.1 Å². The highest BCUT2D eigenvalue weighted by Crippen LogP contribution is 2.14. The summed E-state index contributed by atoms with van der Waals surface area (Å²) in [5.74, 6) is 1.67. The van der Waals surface area contributed by atoms with Crippen LogP contribution in [0.4, 0.5) is 5.82 Å². The number of hydrogen-bond acceptors (Lipinski definition) is 4. The van der Waals surface area contributed by atoms with Crippen LogP contribution < -0.4 is 10.1 Å². The summed E-state index contributed by atoms with van der Waals surface area (Å²) in [5, 5.41) is 3.20. The van der Waals surface area contributed by atoms with Crippen molar-refractivity contribution < 1.29 is 4.74 Å². The minimum Gasteiger partial charge on any atom is -0.494 e. The number of hydrogen-bond donors (Lipinski definition) is 1. The lowest BCUT2D eigenvalue weighted by Gasteiger charge is -2.07. The molecule has 0 bridgehead atoms. The van der Waals surface area contributed by atoms with Crippen molar-refractivity contribution in [2.24, 2.45) is 0 Å². The van der Waals surface area contributed by atoms with E-state index in [1.165, 1.54) is 0 Å². The van der Waals surface area contributed by atoms with Crippen LogP contribution in [-0.2, 0) is 6.54 Å². The first-order valence-corrected chi connectivity index (χ1v) is 5.60. The quantitative estimate of drug-likeness (QED) is 0.855. The number of benzene rings is 1. The summed E-state index contributed by atoms with van der Waals surface area (Å²) in [7, 11) is 0. The average molecular weight is 229 g/mol. The average Bonchev–Trinajstić information content (AvgIpc) is 2.39. The van der Waals surface area contributed by atoms with Gasteiger partial charge in [-0.25, -0.2) is 4.98 Å². The molecule has 0 radical (unpaired) electrons. The van der Waals surface area contributed by atoms with Crippen molar-refractivity contribution in [3.8, 4) is 5.75 Å². The van der Waals surface area contributed by atoms with Crippen molar-refractivity contribution in [2.45, 2.75) is 13.5 Å². The van der Waals surface area contributed by atoms with Gasteiger partial charge in [-0.3, -0.25) is 4.98 Å². The van der Waals surface area contributed by atoms with Crippen molar-refractivity contribution >= 4 is 5.82 Å². The molecule has 1 N–H and O–H groups in total. The highest BCUT2D eigenvalue weighted by Gasteiger charge is 1.97. The first kappa shape index (κ1) is 11.4. The Balaban J connectivity index is 1.97. The molecule has 0 fully saturated rings. The van der Waals surface area contributed by atoms with Gasteiger partial charge in [-0.15, -0.1) is 0 Å². The molecule has 0 saturated heterocycles. The Labute approximate surface area is 101 Å². The largest absolute Gasteiger partial charge is 0.494 e. The van der Waals surface area contributed by atoms with Gasteiger partial charge in [0.2, 0.25) is 0 Å². The molecular weight excluding hydrogens is 214 g/mol. The molecule has 0 aliphatic carbocycles. The smallest absolute Gasteiger partial charge is 0.144 e. The Morgan fingerprint density at radius 1 is 1.29 bits per heavy atom. The van der Waals surface area contributed by atoms with Crippen molar-refractivity contribution in [1.29, 1.82) is 0 Å². The van der Waals surface area contributed by atoms with Crippen LogP contribution in [0.15, 0.2) is 42.9 Å². The van der Waals surface area contributed by atoms with Crippen molar-refractivity contribution in [3.63, 3.8) is 0 Å². The van der Waals surface area contributed by atoms with Gasteiger partial charge >= 0.3 is 0 Å². The molecule has 88 valence electrons. The van der Waals surface area contributed by atoms with Gasteiger partial charge in [0.15, 0.2) is 0 Å². The molecule has 2 aromatic rings. The zero-order valence-electron chi connectivity index (χ0n) is 9.76. The van der Waals surface area contributed by atoms with Crippen LogP contribution in [0.2, 0.25) is 0 Å². The second kappa shape index (κ2) is 5.84. The fourth-order valence-corrected chi connectivity index (χ4v) is 1.49. The van der Waals surface area contributed by atoms with E-state index in [0.29, 0.717) is 13.2 Å². The lowest BCUT2D eigenvalue weighted by molar-refractivity contribution is 0.340. The van der Waals surface area contributed by atoms with Crippen molar-refractivity contribution in [1.82, 2.24) is 9.97 Å². The van der Waals surface area contributed by atoms with Gasteiger partial charge in [-0.2, -0.15) is 0 Å². The zero-order chi connectivity index (χ0) is 11.9. The maximum Gasteiger partial charge on any atom is 0.144 e. The van der Waals surface area contributed by atoms with Gasteiger partial charge in [-0.1, -0.05) is 12.1 Å². The minimum atomic E-state index is 0.682. The molecule has 1 heterocycles. The van der Waals surface area contributed by atoms with Crippen LogP contribution in [0.25, 0.3) is 0 Å². The fourth-order valence-electron chi connectivity index (χ4n) is 1.49. The van der Waals surface area contributed by atoms with Crippen LogP contribution >= 0.6 is 0 Å². The number of ether oxygens (including phenoxy) is 1. The molecule has 0 amide bonds. The van der Waals surface area contributed by atoms with Gasteiger partial charge in [0.25, 0.3) is 0 Å². The SMILES string of the molecule is CCOc1cccc(CNc2cnccn2)c1. The molecule has 4 nitrogen and oxygen atoms in total. The van der Waals surface area contributed by atoms with Gasteiger partial charge in [0, 0.05) is 18.9 Å². The normalized spacial score (nSPS) is 9.94. The summed E-state index contributed by atoms with van der Waals surface area (Å²) in [6.45, 7) is 3.37. The molecule has 0 atom stereocenters. The number of rotatable bonds is 5. The summed E-state index contributed by atoms with van der Waals surface area (Å²) >= 11 is 0. The zero-order valence-corrected chi connectivity index (χ0v) is 9.76. The Hall–Kier alpha value is -2.10. The third-order valence-electron chi connectivity index (χ3n) is 2.25. The summed E-state index contributed by atoms with van der Waals surface area (Å²) in [6, 6.07) is 8.01. The molecule has 0 saturated carbocycles. The number of anilines is 1. The van der Waals surface area contributed by atoms with E-state index in [1.807, 2.05) is 31.2 Å². The standard InChI is InChI=1S/C13H15N3O/c1-2-17-12-5-3-4-11(8-12)9-16-13-10-14-6-7-15-13/h3-8,10H,2,9H2,1H3,(H,15,16). The molecule has 0 aliphatic rings. The summed E-state index contributed by atoms with van der Waals surface area (Å²) in [6.07, 6.45) is 5.02. The van der Waals surface area contributed by atoms with Crippen LogP contribution in [0.1, 0.15) is 12.5 Å². The van der Waals surface area contributed by atoms with Crippen molar-refractivity contribution in [2.75, 3.05) is 11.9 Å². The highest BCUT2D eigenvalue weighted by molar-refractivity contribution is 5.34. The number of nitrogens with zero attached hydrogens (tertiary/aromatic N) is 2. The van der Waals surface area contributed by atoms with E-state index in [0.717, 1.165) is 17.1 Å². The molecule has 1 aromatic heterocycles. The molecule has 4 heteroatoms.